The first-order chi connectivity index (χ1) is 10.8. The molecule has 2 aromatic rings. The Kier molecular flexibility index (Phi) is 4.47. The Bertz CT molecular complexity index is 662. The second-order valence-corrected chi connectivity index (χ2v) is 5.61. The summed E-state index contributed by atoms with van der Waals surface area (Å²) in [7, 11) is 1.65. The summed E-state index contributed by atoms with van der Waals surface area (Å²) in [6.07, 6.45) is 3.42. The largest absolute Gasteiger partial charge is 0.497 e. The number of methoxy groups -OCH3 is 1. The highest BCUT2D eigenvalue weighted by Crippen LogP contribution is 2.25. The van der Waals surface area contributed by atoms with Crippen molar-refractivity contribution in [1.29, 1.82) is 0 Å². The summed E-state index contributed by atoms with van der Waals surface area (Å²) in [6.45, 7) is 1.82. The van der Waals surface area contributed by atoms with Crippen LogP contribution in [0, 0.1) is 0 Å². The van der Waals surface area contributed by atoms with Crippen molar-refractivity contribution in [2.75, 3.05) is 26.8 Å². The zero-order valence-corrected chi connectivity index (χ0v) is 12.9. The van der Waals surface area contributed by atoms with Crippen molar-refractivity contribution in [3.05, 3.63) is 36.4 Å². The maximum absolute atomic E-state index is 12.1. The van der Waals surface area contributed by atoms with Crippen LogP contribution in [0.3, 0.4) is 0 Å². The minimum absolute atomic E-state index is 0.0745. The normalized spacial score (nSPS) is 14.9. The first-order valence-electron chi connectivity index (χ1n) is 7.74. The summed E-state index contributed by atoms with van der Waals surface area (Å²) < 4.78 is 10.9. The zero-order chi connectivity index (χ0) is 15.4. The topological polar surface area (TPSA) is 38.8 Å². The number of benzene rings is 2. The van der Waals surface area contributed by atoms with Gasteiger partial charge in [0.25, 0.3) is 5.91 Å². The molecule has 1 saturated heterocycles. The summed E-state index contributed by atoms with van der Waals surface area (Å²) in [5.74, 6) is 1.60. The number of nitrogens with zero attached hydrogens (tertiary/aromatic N) is 1. The molecule has 1 aliphatic rings. The number of hydrogen-bond donors (Lipinski definition) is 0. The molecule has 4 heteroatoms. The highest BCUT2D eigenvalue weighted by atomic mass is 16.5. The second kappa shape index (κ2) is 6.69. The third-order valence-electron chi connectivity index (χ3n) is 4.09. The number of fused-ring (bicyclic) bond motifs is 1. The SMILES string of the molecule is COc1ccc2ccc(OCC(=O)N3CCCCC3)cc2c1. The van der Waals surface area contributed by atoms with Crippen LogP contribution in [-0.2, 0) is 4.79 Å². The summed E-state index contributed by atoms with van der Waals surface area (Å²) in [4.78, 5) is 14.0. The van der Waals surface area contributed by atoms with Crippen molar-refractivity contribution in [2.45, 2.75) is 19.3 Å². The van der Waals surface area contributed by atoms with Crippen molar-refractivity contribution in [2.24, 2.45) is 0 Å². The van der Waals surface area contributed by atoms with Crippen LogP contribution >= 0.6 is 0 Å². The predicted molar refractivity (Wildman–Crippen MR) is 86.4 cm³/mol. The third-order valence-corrected chi connectivity index (χ3v) is 4.09. The Hall–Kier alpha value is -2.23. The number of carbonyl (C=O) groups excluding carboxylic acids is 1. The van der Waals surface area contributed by atoms with Gasteiger partial charge in [-0.3, -0.25) is 4.79 Å². The van der Waals surface area contributed by atoms with Gasteiger partial charge in [0.15, 0.2) is 6.61 Å². The van der Waals surface area contributed by atoms with E-state index in [2.05, 4.69) is 0 Å². The van der Waals surface area contributed by atoms with E-state index in [0.29, 0.717) is 5.75 Å². The average Bonchev–Trinajstić information content (AvgIpc) is 2.59. The maximum Gasteiger partial charge on any atom is 0.260 e. The van der Waals surface area contributed by atoms with E-state index in [-0.39, 0.29) is 12.5 Å². The smallest absolute Gasteiger partial charge is 0.260 e. The fourth-order valence-electron chi connectivity index (χ4n) is 2.80. The lowest BCUT2D eigenvalue weighted by molar-refractivity contribution is -0.134. The van der Waals surface area contributed by atoms with Gasteiger partial charge in [-0.05, 0) is 54.3 Å². The lowest BCUT2D eigenvalue weighted by Gasteiger charge is -2.26. The molecule has 1 aliphatic heterocycles. The highest BCUT2D eigenvalue weighted by molar-refractivity contribution is 5.85. The van der Waals surface area contributed by atoms with Crippen LogP contribution < -0.4 is 9.47 Å². The number of piperidine rings is 1. The number of likely N-dealkylation sites (tertiary alicyclic amines) is 1. The Morgan fingerprint density at radius 3 is 2.41 bits per heavy atom. The molecule has 116 valence electrons. The molecule has 1 heterocycles. The molecule has 3 rings (SSSR count). The van der Waals surface area contributed by atoms with Crippen LogP contribution in [-0.4, -0.2) is 37.6 Å². The third kappa shape index (κ3) is 3.32. The van der Waals surface area contributed by atoms with Gasteiger partial charge in [-0.2, -0.15) is 0 Å². The quantitative estimate of drug-likeness (QED) is 0.870. The molecule has 4 nitrogen and oxygen atoms in total. The van der Waals surface area contributed by atoms with Gasteiger partial charge in [0.05, 0.1) is 7.11 Å². The fraction of sp³-hybridized carbons (Fsp3) is 0.389. The van der Waals surface area contributed by atoms with E-state index >= 15 is 0 Å². The molecule has 0 atom stereocenters. The summed E-state index contributed by atoms with van der Waals surface area (Å²) in [6, 6.07) is 11.8. The van der Waals surface area contributed by atoms with Crippen molar-refractivity contribution in [3.63, 3.8) is 0 Å². The Labute approximate surface area is 130 Å². The van der Waals surface area contributed by atoms with Crippen LogP contribution in [0.4, 0.5) is 0 Å². The molecule has 0 aliphatic carbocycles. The van der Waals surface area contributed by atoms with Crippen molar-refractivity contribution in [1.82, 2.24) is 4.90 Å². The Morgan fingerprint density at radius 1 is 1.00 bits per heavy atom. The lowest BCUT2D eigenvalue weighted by atomic mass is 10.1. The molecular formula is C18H21NO3. The zero-order valence-electron chi connectivity index (χ0n) is 12.9. The molecule has 0 bridgehead atoms. The molecule has 22 heavy (non-hydrogen) atoms. The number of rotatable bonds is 4. The summed E-state index contributed by atoms with van der Waals surface area (Å²) in [5.41, 5.74) is 0. The van der Waals surface area contributed by atoms with Gasteiger partial charge in [-0.25, -0.2) is 0 Å². The minimum Gasteiger partial charge on any atom is -0.497 e. The van der Waals surface area contributed by atoms with E-state index in [1.807, 2.05) is 41.3 Å². The first-order valence-corrected chi connectivity index (χ1v) is 7.74. The van der Waals surface area contributed by atoms with E-state index in [1.54, 1.807) is 7.11 Å². The highest BCUT2D eigenvalue weighted by Gasteiger charge is 2.16. The van der Waals surface area contributed by atoms with Gasteiger partial charge >= 0.3 is 0 Å². The molecule has 0 N–H and O–H groups in total. The Morgan fingerprint density at radius 2 is 1.68 bits per heavy atom. The van der Waals surface area contributed by atoms with E-state index < -0.39 is 0 Å². The second-order valence-electron chi connectivity index (χ2n) is 5.61. The van der Waals surface area contributed by atoms with Gasteiger partial charge in [0, 0.05) is 13.1 Å². The van der Waals surface area contributed by atoms with E-state index in [1.165, 1.54) is 6.42 Å². The summed E-state index contributed by atoms with van der Waals surface area (Å²) in [5, 5.41) is 2.16. The number of ether oxygens (including phenoxy) is 2. The maximum atomic E-state index is 12.1. The van der Waals surface area contributed by atoms with Gasteiger partial charge in [0.2, 0.25) is 0 Å². The van der Waals surface area contributed by atoms with Crippen LogP contribution in [0.25, 0.3) is 10.8 Å². The van der Waals surface area contributed by atoms with E-state index in [0.717, 1.165) is 42.5 Å². The monoisotopic (exact) mass is 299 g/mol. The van der Waals surface area contributed by atoms with E-state index in [4.69, 9.17) is 9.47 Å². The number of carbonyl (C=O) groups is 1. The van der Waals surface area contributed by atoms with Gasteiger partial charge < -0.3 is 14.4 Å². The fourth-order valence-corrected chi connectivity index (χ4v) is 2.80. The number of hydrogen-bond acceptors (Lipinski definition) is 3. The molecule has 1 fully saturated rings. The van der Waals surface area contributed by atoms with Crippen molar-refractivity contribution in [3.8, 4) is 11.5 Å². The Balaban J connectivity index is 1.66. The number of amides is 1. The van der Waals surface area contributed by atoms with E-state index in [9.17, 15) is 4.79 Å². The molecule has 1 amide bonds. The lowest BCUT2D eigenvalue weighted by Crippen LogP contribution is -2.38. The van der Waals surface area contributed by atoms with Crippen molar-refractivity contribution >= 4 is 16.7 Å². The first kappa shape index (κ1) is 14.7. The van der Waals surface area contributed by atoms with Crippen LogP contribution in [0.5, 0.6) is 11.5 Å². The van der Waals surface area contributed by atoms with Gasteiger partial charge in [-0.1, -0.05) is 12.1 Å². The van der Waals surface area contributed by atoms with Crippen LogP contribution in [0.1, 0.15) is 19.3 Å². The molecule has 0 aromatic heterocycles. The van der Waals surface area contributed by atoms with Gasteiger partial charge in [-0.15, -0.1) is 0 Å². The minimum atomic E-state index is 0.0745. The molecular weight excluding hydrogens is 278 g/mol. The van der Waals surface area contributed by atoms with Crippen LogP contribution in [0.15, 0.2) is 36.4 Å². The molecule has 0 saturated carbocycles. The molecule has 0 unspecified atom stereocenters. The molecule has 0 spiro atoms. The molecule has 2 aromatic carbocycles. The average molecular weight is 299 g/mol. The standard InChI is InChI=1S/C18H21NO3/c1-21-16-7-5-14-6-8-17(12-15(14)11-16)22-13-18(20)19-9-3-2-4-10-19/h5-8,11-12H,2-4,9-10,13H2,1H3. The van der Waals surface area contributed by atoms with Crippen molar-refractivity contribution < 1.29 is 14.3 Å². The van der Waals surface area contributed by atoms with Gasteiger partial charge in [0.1, 0.15) is 11.5 Å². The summed E-state index contributed by atoms with van der Waals surface area (Å²) >= 11 is 0. The predicted octanol–water partition coefficient (Wildman–Crippen LogP) is 3.24. The molecule has 0 radical (unpaired) electrons. The van der Waals surface area contributed by atoms with Crippen LogP contribution in [0.2, 0.25) is 0 Å².